The smallest absolute Gasteiger partial charge is 0.326 e. The molecule has 0 saturated heterocycles. The van der Waals surface area contributed by atoms with Gasteiger partial charge in [-0.15, -0.1) is 0 Å². The predicted octanol–water partition coefficient (Wildman–Crippen LogP) is 1.74. The Bertz CT molecular complexity index is 760. The lowest BCUT2D eigenvalue weighted by molar-refractivity contribution is -0.142. The number of benzene rings is 1. The van der Waals surface area contributed by atoms with E-state index in [1.165, 1.54) is 18.2 Å². The zero-order chi connectivity index (χ0) is 16.4. The minimum Gasteiger partial charge on any atom is -0.480 e. The van der Waals surface area contributed by atoms with Gasteiger partial charge in [0.25, 0.3) is 5.91 Å². The number of carboxylic acid groups (broad SMARTS) is 1. The van der Waals surface area contributed by atoms with E-state index >= 15 is 0 Å². The molecule has 0 unspecified atom stereocenters. The number of ether oxygens (including phenoxy) is 1. The van der Waals surface area contributed by atoms with Gasteiger partial charge in [-0.05, 0) is 23.3 Å². The normalized spacial score (nSPS) is 16.6. The Morgan fingerprint density at radius 1 is 1.22 bits per heavy atom. The lowest BCUT2D eigenvalue weighted by Gasteiger charge is -2.34. The molecule has 6 heteroatoms. The summed E-state index contributed by atoms with van der Waals surface area (Å²) in [5.41, 5.74) is 2.18. The highest BCUT2D eigenvalue weighted by atomic mass is 16.5. The van der Waals surface area contributed by atoms with E-state index in [0.717, 1.165) is 11.1 Å². The van der Waals surface area contributed by atoms with Crippen molar-refractivity contribution in [3.63, 3.8) is 0 Å². The Kier molecular flexibility index (Phi) is 3.97. The molecule has 0 aliphatic carbocycles. The molecule has 1 aromatic carbocycles. The highest BCUT2D eigenvalue weighted by Crippen LogP contribution is 2.27. The highest BCUT2D eigenvalue weighted by molar-refractivity contribution is 5.98. The fourth-order valence-corrected chi connectivity index (χ4v) is 2.83. The molecule has 1 aliphatic rings. The van der Waals surface area contributed by atoms with Crippen molar-refractivity contribution in [3.8, 4) is 5.88 Å². The van der Waals surface area contributed by atoms with Crippen LogP contribution in [0.2, 0.25) is 0 Å². The number of amides is 1. The molecule has 1 N–H and O–H groups in total. The Morgan fingerprint density at radius 2 is 1.96 bits per heavy atom. The molecular weight excluding hydrogens is 296 g/mol. The number of carbonyl (C=O) groups excluding carboxylic acids is 1. The van der Waals surface area contributed by atoms with Gasteiger partial charge in [-0.2, -0.15) is 0 Å². The topological polar surface area (TPSA) is 79.7 Å². The van der Waals surface area contributed by atoms with E-state index in [0.29, 0.717) is 6.42 Å². The number of aliphatic carboxylic acids is 1. The Morgan fingerprint density at radius 3 is 2.65 bits per heavy atom. The molecule has 2 aromatic rings. The number of pyridine rings is 1. The van der Waals surface area contributed by atoms with Crippen molar-refractivity contribution in [1.29, 1.82) is 0 Å². The van der Waals surface area contributed by atoms with E-state index in [2.05, 4.69) is 4.98 Å². The number of methoxy groups -OCH3 is 1. The van der Waals surface area contributed by atoms with Crippen LogP contribution in [0.25, 0.3) is 0 Å². The van der Waals surface area contributed by atoms with Crippen LogP contribution in [0, 0.1) is 0 Å². The van der Waals surface area contributed by atoms with E-state index in [4.69, 9.17) is 4.74 Å². The van der Waals surface area contributed by atoms with E-state index in [9.17, 15) is 14.7 Å². The standard InChI is InChI=1S/C17H16N2O4/c1-23-15-13(7-4-8-18-15)16(20)19-10-12-6-3-2-5-11(12)9-14(19)17(21)22/h2-8,14H,9-10H2,1H3,(H,21,22)/t14-/m0/s1. The average Bonchev–Trinajstić information content (AvgIpc) is 2.59. The molecule has 118 valence electrons. The predicted molar refractivity (Wildman–Crippen MR) is 82.2 cm³/mol. The third kappa shape index (κ3) is 2.75. The van der Waals surface area contributed by atoms with Gasteiger partial charge < -0.3 is 14.7 Å². The zero-order valence-electron chi connectivity index (χ0n) is 12.6. The van der Waals surface area contributed by atoms with Crippen LogP contribution in [0.3, 0.4) is 0 Å². The first kappa shape index (κ1) is 15.0. The number of aromatic nitrogens is 1. The molecule has 0 bridgehead atoms. The second kappa shape index (κ2) is 6.08. The number of hydrogen-bond donors (Lipinski definition) is 1. The highest BCUT2D eigenvalue weighted by Gasteiger charge is 2.35. The summed E-state index contributed by atoms with van der Waals surface area (Å²) >= 11 is 0. The van der Waals surface area contributed by atoms with Crippen LogP contribution < -0.4 is 4.74 Å². The first-order valence-corrected chi connectivity index (χ1v) is 7.21. The molecule has 1 atom stereocenters. The van der Waals surface area contributed by atoms with Gasteiger partial charge >= 0.3 is 5.97 Å². The largest absolute Gasteiger partial charge is 0.480 e. The molecule has 0 saturated carbocycles. The molecule has 6 nitrogen and oxygen atoms in total. The van der Waals surface area contributed by atoms with Crippen LogP contribution in [0.15, 0.2) is 42.6 Å². The second-order valence-electron chi connectivity index (χ2n) is 5.32. The maximum Gasteiger partial charge on any atom is 0.326 e. The van der Waals surface area contributed by atoms with E-state index in [1.54, 1.807) is 12.1 Å². The summed E-state index contributed by atoms with van der Waals surface area (Å²) in [5.74, 6) is -1.21. The number of nitrogens with zero attached hydrogens (tertiary/aromatic N) is 2. The summed E-state index contributed by atoms with van der Waals surface area (Å²) in [6.45, 7) is 0.254. The Labute approximate surface area is 133 Å². The third-order valence-corrected chi connectivity index (χ3v) is 3.99. The van der Waals surface area contributed by atoms with Crippen LogP contribution in [0.4, 0.5) is 0 Å². The lowest BCUT2D eigenvalue weighted by atomic mass is 9.93. The van der Waals surface area contributed by atoms with Crippen LogP contribution in [-0.2, 0) is 17.8 Å². The SMILES string of the molecule is COc1ncccc1C(=O)N1Cc2ccccc2C[C@H]1C(=O)O. The van der Waals surface area contributed by atoms with Crippen molar-refractivity contribution in [2.45, 2.75) is 19.0 Å². The van der Waals surface area contributed by atoms with Gasteiger partial charge in [0, 0.05) is 19.2 Å². The summed E-state index contributed by atoms with van der Waals surface area (Å²) < 4.78 is 5.12. The molecule has 23 heavy (non-hydrogen) atoms. The summed E-state index contributed by atoms with van der Waals surface area (Å²) in [6.07, 6.45) is 1.82. The molecule has 0 fully saturated rings. The van der Waals surface area contributed by atoms with Gasteiger partial charge in [-0.25, -0.2) is 9.78 Å². The minimum atomic E-state index is -1.02. The maximum absolute atomic E-state index is 12.8. The summed E-state index contributed by atoms with van der Waals surface area (Å²) in [4.78, 5) is 29.8. The quantitative estimate of drug-likeness (QED) is 0.934. The van der Waals surface area contributed by atoms with E-state index < -0.39 is 17.9 Å². The molecule has 0 spiro atoms. The van der Waals surface area contributed by atoms with Crippen molar-refractivity contribution in [2.24, 2.45) is 0 Å². The van der Waals surface area contributed by atoms with Crippen LogP contribution in [-0.4, -0.2) is 40.0 Å². The van der Waals surface area contributed by atoms with Crippen LogP contribution in [0.5, 0.6) is 5.88 Å². The number of carboxylic acids is 1. The molecule has 1 amide bonds. The van der Waals surface area contributed by atoms with Crippen molar-refractivity contribution in [1.82, 2.24) is 9.88 Å². The van der Waals surface area contributed by atoms with E-state index in [-0.39, 0.29) is 18.0 Å². The van der Waals surface area contributed by atoms with Gasteiger partial charge in [-0.1, -0.05) is 24.3 Å². The maximum atomic E-state index is 12.8. The summed E-state index contributed by atoms with van der Waals surface area (Å²) in [6, 6.07) is 9.89. The molecule has 1 aromatic heterocycles. The molecule has 0 radical (unpaired) electrons. The lowest BCUT2D eigenvalue weighted by Crippen LogP contribution is -2.48. The number of fused-ring (bicyclic) bond motifs is 1. The summed E-state index contributed by atoms with van der Waals surface area (Å²) in [7, 11) is 1.43. The number of hydrogen-bond acceptors (Lipinski definition) is 4. The fraction of sp³-hybridized carbons (Fsp3) is 0.235. The number of carbonyl (C=O) groups is 2. The van der Waals surface area contributed by atoms with Crippen LogP contribution in [0.1, 0.15) is 21.5 Å². The Balaban J connectivity index is 1.99. The summed E-state index contributed by atoms with van der Waals surface area (Å²) in [5, 5.41) is 9.52. The van der Waals surface area contributed by atoms with Crippen LogP contribution >= 0.6 is 0 Å². The average molecular weight is 312 g/mol. The van der Waals surface area contributed by atoms with Gasteiger partial charge in [0.05, 0.1) is 7.11 Å². The first-order chi connectivity index (χ1) is 11.1. The van der Waals surface area contributed by atoms with E-state index in [1.807, 2.05) is 24.3 Å². The van der Waals surface area contributed by atoms with Gasteiger partial charge in [0.15, 0.2) is 0 Å². The van der Waals surface area contributed by atoms with Crippen molar-refractivity contribution >= 4 is 11.9 Å². The van der Waals surface area contributed by atoms with Crippen molar-refractivity contribution < 1.29 is 19.4 Å². The first-order valence-electron chi connectivity index (χ1n) is 7.21. The van der Waals surface area contributed by atoms with Crippen molar-refractivity contribution in [2.75, 3.05) is 7.11 Å². The molecule has 3 rings (SSSR count). The van der Waals surface area contributed by atoms with Gasteiger partial charge in [-0.3, -0.25) is 4.79 Å². The van der Waals surface area contributed by atoms with Gasteiger partial charge in [0.2, 0.25) is 5.88 Å². The third-order valence-electron chi connectivity index (χ3n) is 3.99. The van der Waals surface area contributed by atoms with Gasteiger partial charge in [0.1, 0.15) is 11.6 Å². The monoisotopic (exact) mass is 312 g/mol. The minimum absolute atomic E-state index is 0.195. The second-order valence-corrected chi connectivity index (χ2v) is 5.32. The molecule has 1 aliphatic heterocycles. The Hall–Kier alpha value is -2.89. The molecule has 2 heterocycles. The zero-order valence-corrected chi connectivity index (χ0v) is 12.6. The van der Waals surface area contributed by atoms with Crippen molar-refractivity contribution in [3.05, 3.63) is 59.3 Å². The molecular formula is C17H16N2O4. The number of rotatable bonds is 3. The fourth-order valence-electron chi connectivity index (χ4n) is 2.83.